The SMILES string of the molecule is CC[C@H](C(=O)Nc1cc(F)ccc1C(C)=O)N1CCCC1=O. The summed E-state index contributed by atoms with van der Waals surface area (Å²) in [5.74, 6) is -1.25. The second-order valence-corrected chi connectivity index (χ2v) is 5.35. The van der Waals surface area contributed by atoms with E-state index < -0.39 is 17.8 Å². The first-order valence-electron chi connectivity index (χ1n) is 7.35. The van der Waals surface area contributed by atoms with E-state index in [4.69, 9.17) is 0 Å². The number of nitrogens with zero attached hydrogens (tertiary/aromatic N) is 1. The summed E-state index contributed by atoms with van der Waals surface area (Å²) in [7, 11) is 0. The average Bonchev–Trinajstić information content (AvgIpc) is 2.85. The summed E-state index contributed by atoms with van der Waals surface area (Å²) in [6, 6.07) is 3.04. The molecular formula is C16H19FN2O3. The lowest BCUT2D eigenvalue weighted by atomic mass is 10.1. The quantitative estimate of drug-likeness (QED) is 0.849. The molecule has 6 heteroatoms. The molecule has 0 saturated carbocycles. The second kappa shape index (κ2) is 6.68. The molecule has 1 saturated heterocycles. The molecule has 1 heterocycles. The van der Waals surface area contributed by atoms with Gasteiger partial charge in [0, 0.05) is 18.5 Å². The maximum atomic E-state index is 13.4. The van der Waals surface area contributed by atoms with Gasteiger partial charge in [-0.05, 0) is 38.0 Å². The minimum absolute atomic E-state index is 0.0481. The number of carbonyl (C=O) groups is 3. The van der Waals surface area contributed by atoms with Gasteiger partial charge >= 0.3 is 0 Å². The molecule has 1 fully saturated rings. The molecule has 1 aliphatic heterocycles. The summed E-state index contributed by atoms with van der Waals surface area (Å²) < 4.78 is 13.4. The van der Waals surface area contributed by atoms with E-state index in [1.807, 2.05) is 6.92 Å². The number of ketones is 1. The summed E-state index contributed by atoms with van der Waals surface area (Å²) in [5, 5.41) is 2.59. The normalized spacial score (nSPS) is 15.8. The summed E-state index contributed by atoms with van der Waals surface area (Å²) >= 11 is 0. The van der Waals surface area contributed by atoms with Gasteiger partial charge in [0.1, 0.15) is 11.9 Å². The molecule has 1 aromatic carbocycles. The lowest BCUT2D eigenvalue weighted by molar-refractivity contribution is -0.135. The van der Waals surface area contributed by atoms with Crippen molar-refractivity contribution in [1.82, 2.24) is 4.90 Å². The highest BCUT2D eigenvalue weighted by Crippen LogP contribution is 2.21. The topological polar surface area (TPSA) is 66.5 Å². The molecule has 0 spiro atoms. The van der Waals surface area contributed by atoms with Gasteiger partial charge < -0.3 is 10.2 Å². The van der Waals surface area contributed by atoms with E-state index in [1.165, 1.54) is 19.1 Å². The maximum Gasteiger partial charge on any atom is 0.247 e. The second-order valence-electron chi connectivity index (χ2n) is 5.35. The molecule has 0 aliphatic carbocycles. The molecule has 1 N–H and O–H groups in total. The Bertz CT molecular complexity index is 615. The van der Waals surface area contributed by atoms with Crippen LogP contribution in [0.5, 0.6) is 0 Å². The molecule has 1 aromatic rings. The van der Waals surface area contributed by atoms with Crippen LogP contribution in [0.1, 0.15) is 43.5 Å². The first kappa shape index (κ1) is 16.1. The summed E-state index contributed by atoms with van der Waals surface area (Å²) in [5.41, 5.74) is 0.389. The molecule has 5 nitrogen and oxygen atoms in total. The third-order valence-electron chi connectivity index (χ3n) is 3.79. The van der Waals surface area contributed by atoms with Gasteiger partial charge in [0.25, 0.3) is 0 Å². The van der Waals surface area contributed by atoms with E-state index in [2.05, 4.69) is 5.32 Å². The zero-order chi connectivity index (χ0) is 16.3. The third kappa shape index (κ3) is 3.32. The number of anilines is 1. The molecule has 2 rings (SSSR count). The van der Waals surface area contributed by atoms with Gasteiger partial charge in [-0.15, -0.1) is 0 Å². The van der Waals surface area contributed by atoms with Gasteiger partial charge in [0.2, 0.25) is 11.8 Å². The average molecular weight is 306 g/mol. The molecule has 0 unspecified atom stereocenters. The summed E-state index contributed by atoms with van der Waals surface area (Å²) in [6.45, 7) is 3.71. The Hall–Kier alpha value is -2.24. The number of Topliss-reactive ketones (excluding diaryl/α,β-unsaturated/α-hetero) is 1. The van der Waals surface area contributed by atoms with Crippen molar-refractivity contribution >= 4 is 23.3 Å². The standard InChI is InChI=1S/C16H19FN2O3/c1-3-14(19-8-4-5-15(19)21)16(22)18-13-9-11(17)6-7-12(13)10(2)20/h6-7,9,14H,3-5,8H2,1-2H3,(H,18,22)/t14-/m1/s1. The van der Waals surface area contributed by atoms with Crippen LogP contribution in [0.15, 0.2) is 18.2 Å². The number of likely N-dealkylation sites (tertiary alicyclic amines) is 1. The van der Waals surface area contributed by atoms with Crippen molar-refractivity contribution in [2.24, 2.45) is 0 Å². The molecule has 2 amide bonds. The van der Waals surface area contributed by atoms with E-state index in [1.54, 1.807) is 4.90 Å². The zero-order valence-electron chi connectivity index (χ0n) is 12.7. The highest BCUT2D eigenvalue weighted by atomic mass is 19.1. The molecule has 1 atom stereocenters. The van der Waals surface area contributed by atoms with Gasteiger partial charge in [-0.3, -0.25) is 14.4 Å². The van der Waals surface area contributed by atoms with Crippen LogP contribution in [0.2, 0.25) is 0 Å². The smallest absolute Gasteiger partial charge is 0.247 e. The van der Waals surface area contributed by atoms with Crippen molar-refractivity contribution in [3.05, 3.63) is 29.6 Å². The Kier molecular flexibility index (Phi) is 4.90. The van der Waals surface area contributed by atoms with Crippen molar-refractivity contribution in [2.45, 2.75) is 39.2 Å². The van der Waals surface area contributed by atoms with Crippen molar-refractivity contribution in [3.8, 4) is 0 Å². The van der Waals surface area contributed by atoms with Crippen molar-refractivity contribution in [3.63, 3.8) is 0 Å². The van der Waals surface area contributed by atoms with Gasteiger partial charge in [-0.25, -0.2) is 4.39 Å². The van der Waals surface area contributed by atoms with Crippen LogP contribution in [-0.4, -0.2) is 35.1 Å². The number of nitrogens with one attached hydrogen (secondary N) is 1. The van der Waals surface area contributed by atoms with Crippen LogP contribution in [0.4, 0.5) is 10.1 Å². The summed E-state index contributed by atoms with van der Waals surface area (Å²) in [6.07, 6.45) is 1.64. The number of amides is 2. The Morgan fingerprint density at radius 3 is 2.68 bits per heavy atom. The van der Waals surface area contributed by atoms with Crippen molar-refractivity contribution in [1.29, 1.82) is 0 Å². The number of rotatable bonds is 5. The molecule has 1 aliphatic rings. The number of benzene rings is 1. The van der Waals surface area contributed by atoms with Crippen LogP contribution >= 0.6 is 0 Å². The number of hydrogen-bond donors (Lipinski definition) is 1. The lowest BCUT2D eigenvalue weighted by Crippen LogP contribution is -2.44. The predicted octanol–water partition coefficient (Wildman–Crippen LogP) is 2.37. The van der Waals surface area contributed by atoms with Gasteiger partial charge in [0.05, 0.1) is 5.69 Å². The molecule has 0 aromatic heterocycles. The highest BCUT2D eigenvalue weighted by Gasteiger charge is 2.31. The molecule has 0 bridgehead atoms. The van der Waals surface area contributed by atoms with E-state index in [0.29, 0.717) is 19.4 Å². The minimum Gasteiger partial charge on any atom is -0.331 e. The monoisotopic (exact) mass is 306 g/mol. The molecule has 22 heavy (non-hydrogen) atoms. The van der Waals surface area contributed by atoms with E-state index in [-0.39, 0.29) is 22.9 Å². The molecular weight excluding hydrogens is 287 g/mol. The molecule has 0 radical (unpaired) electrons. The largest absolute Gasteiger partial charge is 0.331 e. The highest BCUT2D eigenvalue weighted by molar-refractivity contribution is 6.05. The fourth-order valence-electron chi connectivity index (χ4n) is 2.69. The molecule has 118 valence electrons. The van der Waals surface area contributed by atoms with Crippen molar-refractivity contribution < 1.29 is 18.8 Å². The first-order chi connectivity index (χ1) is 10.4. The van der Waals surface area contributed by atoms with E-state index in [0.717, 1.165) is 12.5 Å². The number of hydrogen-bond acceptors (Lipinski definition) is 3. The van der Waals surface area contributed by atoms with Crippen LogP contribution < -0.4 is 5.32 Å². The van der Waals surface area contributed by atoms with Crippen LogP contribution in [0.3, 0.4) is 0 Å². The third-order valence-corrected chi connectivity index (χ3v) is 3.79. The Morgan fingerprint density at radius 2 is 2.14 bits per heavy atom. The van der Waals surface area contributed by atoms with Gasteiger partial charge in [0.15, 0.2) is 5.78 Å². The Morgan fingerprint density at radius 1 is 1.41 bits per heavy atom. The minimum atomic E-state index is -0.599. The fraction of sp³-hybridized carbons (Fsp3) is 0.438. The van der Waals surface area contributed by atoms with Crippen molar-refractivity contribution in [2.75, 3.05) is 11.9 Å². The number of halogens is 1. The van der Waals surface area contributed by atoms with E-state index in [9.17, 15) is 18.8 Å². The lowest BCUT2D eigenvalue weighted by Gasteiger charge is -2.26. The summed E-state index contributed by atoms with van der Waals surface area (Å²) in [4.78, 5) is 37.3. The van der Waals surface area contributed by atoms with Crippen LogP contribution in [0, 0.1) is 5.82 Å². The van der Waals surface area contributed by atoms with Crippen LogP contribution in [-0.2, 0) is 9.59 Å². The maximum absolute atomic E-state index is 13.4. The Labute approximate surface area is 128 Å². The fourth-order valence-corrected chi connectivity index (χ4v) is 2.69. The zero-order valence-corrected chi connectivity index (χ0v) is 12.7. The number of carbonyl (C=O) groups excluding carboxylic acids is 3. The Balaban J connectivity index is 2.22. The van der Waals surface area contributed by atoms with E-state index >= 15 is 0 Å². The van der Waals surface area contributed by atoms with Gasteiger partial charge in [-0.1, -0.05) is 6.92 Å². The van der Waals surface area contributed by atoms with Gasteiger partial charge in [-0.2, -0.15) is 0 Å². The predicted molar refractivity (Wildman–Crippen MR) is 80.1 cm³/mol. The van der Waals surface area contributed by atoms with Crippen LogP contribution in [0.25, 0.3) is 0 Å². The first-order valence-corrected chi connectivity index (χ1v) is 7.35.